The quantitative estimate of drug-likeness (QED) is 0.842. The van der Waals surface area contributed by atoms with Gasteiger partial charge in [-0.15, -0.1) is 10.2 Å². The summed E-state index contributed by atoms with van der Waals surface area (Å²) in [7, 11) is 0. The van der Waals surface area contributed by atoms with Crippen LogP contribution >= 0.6 is 0 Å². The molecule has 1 aromatic heterocycles. The van der Waals surface area contributed by atoms with E-state index in [1.165, 1.54) is 6.07 Å². The molecule has 19 heavy (non-hydrogen) atoms. The average molecular weight is 272 g/mol. The molecule has 0 bridgehead atoms. The maximum atomic E-state index is 12.4. The summed E-state index contributed by atoms with van der Waals surface area (Å²) in [5.41, 5.74) is -0.940. The van der Waals surface area contributed by atoms with Crippen molar-refractivity contribution in [2.45, 2.75) is 19.1 Å². The van der Waals surface area contributed by atoms with Crippen molar-refractivity contribution in [1.82, 2.24) is 15.5 Å². The SMILES string of the molecule is CC1C2CNCC2CN1c1ccc(C(F)(F)F)nn1. The molecule has 3 unspecified atom stereocenters. The predicted molar refractivity (Wildman–Crippen MR) is 63.7 cm³/mol. The number of fused-ring (bicyclic) bond motifs is 1. The van der Waals surface area contributed by atoms with Crippen molar-refractivity contribution in [2.75, 3.05) is 24.5 Å². The Labute approximate surface area is 109 Å². The monoisotopic (exact) mass is 272 g/mol. The standard InChI is InChI=1S/C12H15F3N4/c1-7-9-5-16-4-8(9)6-19(7)11-3-2-10(17-18-11)12(13,14)15/h2-3,7-9,16H,4-6H2,1H3. The van der Waals surface area contributed by atoms with Crippen molar-refractivity contribution in [3.8, 4) is 0 Å². The minimum Gasteiger partial charge on any atom is -0.352 e. The summed E-state index contributed by atoms with van der Waals surface area (Å²) < 4.78 is 37.3. The van der Waals surface area contributed by atoms with E-state index < -0.39 is 11.9 Å². The van der Waals surface area contributed by atoms with Crippen molar-refractivity contribution < 1.29 is 13.2 Å². The maximum absolute atomic E-state index is 12.4. The van der Waals surface area contributed by atoms with Gasteiger partial charge in [-0.05, 0) is 30.9 Å². The second kappa shape index (κ2) is 4.33. The van der Waals surface area contributed by atoms with E-state index in [1.54, 1.807) is 0 Å². The van der Waals surface area contributed by atoms with Crippen LogP contribution in [0.15, 0.2) is 12.1 Å². The third-order valence-corrected chi connectivity index (χ3v) is 4.17. The summed E-state index contributed by atoms with van der Waals surface area (Å²) in [6, 6.07) is 2.70. The Morgan fingerprint density at radius 2 is 2.05 bits per heavy atom. The van der Waals surface area contributed by atoms with Gasteiger partial charge in [-0.2, -0.15) is 13.2 Å². The third-order valence-electron chi connectivity index (χ3n) is 4.17. The van der Waals surface area contributed by atoms with Crippen LogP contribution in [-0.2, 0) is 6.18 Å². The molecule has 3 atom stereocenters. The zero-order valence-corrected chi connectivity index (χ0v) is 10.5. The van der Waals surface area contributed by atoms with Gasteiger partial charge in [-0.3, -0.25) is 0 Å². The fourth-order valence-corrected chi connectivity index (χ4v) is 3.10. The number of hydrogen-bond acceptors (Lipinski definition) is 4. The number of alkyl halides is 3. The molecule has 2 aliphatic rings. The summed E-state index contributed by atoms with van der Waals surface area (Å²) in [6.07, 6.45) is -4.43. The molecule has 0 radical (unpaired) electrons. The van der Waals surface area contributed by atoms with E-state index >= 15 is 0 Å². The first-order valence-corrected chi connectivity index (χ1v) is 6.35. The summed E-state index contributed by atoms with van der Waals surface area (Å²) in [5, 5.41) is 10.4. The Hall–Kier alpha value is -1.37. The fourth-order valence-electron chi connectivity index (χ4n) is 3.10. The second-order valence-corrected chi connectivity index (χ2v) is 5.25. The molecule has 2 saturated heterocycles. The van der Waals surface area contributed by atoms with E-state index in [-0.39, 0.29) is 6.04 Å². The molecule has 2 fully saturated rings. The molecular weight excluding hydrogens is 257 g/mol. The lowest BCUT2D eigenvalue weighted by Crippen LogP contribution is -2.34. The number of halogens is 3. The predicted octanol–water partition coefficient (Wildman–Crippen LogP) is 1.54. The molecule has 0 aliphatic carbocycles. The molecule has 3 heterocycles. The first-order chi connectivity index (χ1) is 8.97. The molecule has 0 amide bonds. The highest BCUT2D eigenvalue weighted by Crippen LogP contribution is 2.35. The van der Waals surface area contributed by atoms with Gasteiger partial charge in [0.25, 0.3) is 0 Å². The van der Waals surface area contributed by atoms with E-state index in [0.717, 1.165) is 25.7 Å². The largest absolute Gasteiger partial charge is 0.435 e. The van der Waals surface area contributed by atoms with Crippen LogP contribution in [0.2, 0.25) is 0 Å². The number of hydrogen-bond donors (Lipinski definition) is 1. The zero-order chi connectivity index (χ0) is 13.6. The van der Waals surface area contributed by atoms with Crippen LogP contribution in [0.5, 0.6) is 0 Å². The number of anilines is 1. The number of aromatic nitrogens is 2. The molecule has 0 aromatic carbocycles. The number of nitrogens with zero attached hydrogens (tertiary/aromatic N) is 3. The average Bonchev–Trinajstić information content (AvgIpc) is 2.92. The Bertz CT molecular complexity index is 459. The van der Waals surface area contributed by atoms with Gasteiger partial charge in [-0.25, -0.2) is 0 Å². The van der Waals surface area contributed by atoms with Gasteiger partial charge in [0, 0.05) is 25.7 Å². The summed E-state index contributed by atoms with van der Waals surface area (Å²) in [6.45, 7) is 4.87. The van der Waals surface area contributed by atoms with Gasteiger partial charge in [0.15, 0.2) is 11.5 Å². The molecule has 104 valence electrons. The molecule has 0 spiro atoms. The molecule has 0 saturated carbocycles. The normalized spacial score (nSPS) is 30.7. The van der Waals surface area contributed by atoms with Crippen LogP contribution in [0.1, 0.15) is 12.6 Å². The number of rotatable bonds is 1. The first-order valence-electron chi connectivity index (χ1n) is 6.35. The topological polar surface area (TPSA) is 41.0 Å². The van der Waals surface area contributed by atoms with Crippen molar-refractivity contribution in [3.05, 3.63) is 17.8 Å². The van der Waals surface area contributed by atoms with Gasteiger partial charge >= 0.3 is 6.18 Å². The van der Waals surface area contributed by atoms with Crippen molar-refractivity contribution >= 4 is 5.82 Å². The van der Waals surface area contributed by atoms with Crippen molar-refractivity contribution in [1.29, 1.82) is 0 Å². The first kappa shape index (κ1) is 12.7. The van der Waals surface area contributed by atoms with Gasteiger partial charge in [0.1, 0.15) is 0 Å². The Morgan fingerprint density at radius 3 is 2.63 bits per heavy atom. The highest BCUT2D eigenvalue weighted by molar-refractivity contribution is 5.41. The summed E-state index contributed by atoms with van der Waals surface area (Å²) >= 11 is 0. The summed E-state index contributed by atoms with van der Waals surface area (Å²) in [4.78, 5) is 2.06. The van der Waals surface area contributed by atoms with E-state index in [2.05, 4.69) is 27.3 Å². The molecule has 7 heteroatoms. The lowest BCUT2D eigenvalue weighted by Gasteiger charge is -2.25. The molecule has 3 rings (SSSR count). The summed E-state index contributed by atoms with van der Waals surface area (Å²) in [5.74, 6) is 1.64. The van der Waals surface area contributed by atoms with Gasteiger partial charge < -0.3 is 10.2 Å². The molecular formula is C12H15F3N4. The molecule has 1 N–H and O–H groups in total. The maximum Gasteiger partial charge on any atom is 0.435 e. The van der Waals surface area contributed by atoms with Crippen LogP contribution in [0.3, 0.4) is 0 Å². The molecule has 2 aliphatic heterocycles. The van der Waals surface area contributed by atoms with Crippen LogP contribution in [0.25, 0.3) is 0 Å². The van der Waals surface area contributed by atoms with Gasteiger partial charge in [-0.1, -0.05) is 0 Å². The van der Waals surface area contributed by atoms with Crippen LogP contribution in [-0.4, -0.2) is 35.9 Å². The molecule has 4 nitrogen and oxygen atoms in total. The van der Waals surface area contributed by atoms with Crippen LogP contribution < -0.4 is 10.2 Å². The smallest absolute Gasteiger partial charge is 0.352 e. The van der Waals surface area contributed by atoms with E-state index in [0.29, 0.717) is 17.7 Å². The lowest BCUT2D eigenvalue weighted by molar-refractivity contribution is -0.141. The zero-order valence-electron chi connectivity index (χ0n) is 10.5. The Kier molecular flexibility index (Phi) is 2.88. The molecule has 1 aromatic rings. The van der Waals surface area contributed by atoms with Gasteiger partial charge in [0.2, 0.25) is 0 Å². The van der Waals surface area contributed by atoms with Crippen LogP contribution in [0, 0.1) is 11.8 Å². The van der Waals surface area contributed by atoms with E-state index in [9.17, 15) is 13.2 Å². The highest BCUT2D eigenvalue weighted by atomic mass is 19.4. The Balaban J connectivity index is 1.80. The lowest BCUT2D eigenvalue weighted by atomic mass is 9.95. The van der Waals surface area contributed by atoms with E-state index in [1.807, 2.05) is 0 Å². The fraction of sp³-hybridized carbons (Fsp3) is 0.667. The Morgan fingerprint density at radius 1 is 1.26 bits per heavy atom. The van der Waals surface area contributed by atoms with Gasteiger partial charge in [0.05, 0.1) is 0 Å². The van der Waals surface area contributed by atoms with Crippen molar-refractivity contribution in [2.24, 2.45) is 11.8 Å². The van der Waals surface area contributed by atoms with Crippen LogP contribution in [0.4, 0.5) is 19.0 Å². The minimum atomic E-state index is -4.43. The third kappa shape index (κ3) is 2.16. The minimum absolute atomic E-state index is 0.283. The van der Waals surface area contributed by atoms with E-state index in [4.69, 9.17) is 0 Å². The second-order valence-electron chi connectivity index (χ2n) is 5.25. The van der Waals surface area contributed by atoms with Crippen molar-refractivity contribution in [3.63, 3.8) is 0 Å². The highest BCUT2D eigenvalue weighted by Gasteiger charge is 2.42. The number of nitrogens with one attached hydrogen (secondary N) is 1.